The molecule has 0 saturated heterocycles. The molecule has 0 amide bonds. The monoisotopic (exact) mass is 338 g/mol. The van der Waals surface area contributed by atoms with Crippen molar-refractivity contribution in [3.8, 4) is 5.75 Å². The quantitative estimate of drug-likeness (QED) is 0.599. The molecule has 1 rings (SSSR count). The Morgan fingerprint density at radius 3 is 1.67 bits per heavy atom. The fourth-order valence-corrected chi connectivity index (χ4v) is 2.00. The van der Waals surface area contributed by atoms with Gasteiger partial charge in [0.2, 0.25) is 0 Å². The highest BCUT2D eigenvalue weighted by molar-refractivity contribution is 5.31. The van der Waals surface area contributed by atoms with Gasteiger partial charge in [-0.1, -0.05) is 32.9 Å². The van der Waals surface area contributed by atoms with Crippen molar-refractivity contribution in [3.05, 3.63) is 29.8 Å². The summed E-state index contributed by atoms with van der Waals surface area (Å²) in [6.45, 7) is 16.2. The molecule has 0 unspecified atom stereocenters. The molecular formula is C20H34O4. The van der Waals surface area contributed by atoms with E-state index >= 15 is 0 Å². The zero-order valence-electron chi connectivity index (χ0n) is 16.2. The van der Waals surface area contributed by atoms with Gasteiger partial charge in [0.15, 0.2) is 0 Å². The van der Waals surface area contributed by atoms with E-state index in [4.69, 9.17) is 18.9 Å². The third-order valence-corrected chi connectivity index (χ3v) is 3.35. The third kappa shape index (κ3) is 9.91. The maximum absolute atomic E-state index is 5.67. The molecule has 0 aliphatic carbocycles. The lowest BCUT2D eigenvalue weighted by atomic mass is 9.87. The number of ether oxygens (including phenoxy) is 4. The van der Waals surface area contributed by atoms with E-state index < -0.39 is 0 Å². The van der Waals surface area contributed by atoms with Crippen LogP contribution in [0.3, 0.4) is 0 Å². The second kappa shape index (κ2) is 10.0. The Hall–Kier alpha value is -1.10. The van der Waals surface area contributed by atoms with Gasteiger partial charge < -0.3 is 18.9 Å². The third-order valence-electron chi connectivity index (χ3n) is 3.35. The summed E-state index contributed by atoms with van der Waals surface area (Å²) in [6, 6.07) is 8.26. The summed E-state index contributed by atoms with van der Waals surface area (Å²) in [6.07, 6.45) is 0. The molecule has 0 aliphatic heterocycles. The first-order valence-electron chi connectivity index (χ1n) is 8.71. The molecule has 1 aromatic rings. The summed E-state index contributed by atoms with van der Waals surface area (Å²) in [4.78, 5) is 0. The topological polar surface area (TPSA) is 36.9 Å². The van der Waals surface area contributed by atoms with Crippen molar-refractivity contribution in [2.45, 2.75) is 52.6 Å². The van der Waals surface area contributed by atoms with Crippen molar-refractivity contribution in [2.75, 3.05) is 39.6 Å². The lowest BCUT2D eigenvalue weighted by molar-refractivity contribution is -0.0433. The summed E-state index contributed by atoms with van der Waals surface area (Å²) < 4.78 is 22.2. The lowest BCUT2D eigenvalue weighted by Gasteiger charge is -2.19. The van der Waals surface area contributed by atoms with Gasteiger partial charge >= 0.3 is 0 Å². The SMILES string of the molecule is CC(C)(C)OCCOCCOCCOc1ccc(C(C)(C)C)cc1. The van der Waals surface area contributed by atoms with Crippen LogP contribution < -0.4 is 4.74 Å². The summed E-state index contributed by atoms with van der Waals surface area (Å²) in [7, 11) is 0. The molecule has 4 heteroatoms. The molecule has 0 atom stereocenters. The van der Waals surface area contributed by atoms with E-state index in [1.807, 2.05) is 32.9 Å². The van der Waals surface area contributed by atoms with E-state index in [1.54, 1.807) is 0 Å². The molecule has 0 fully saturated rings. The van der Waals surface area contributed by atoms with Gasteiger partial charge in [-0.3, -0.25) is 0 Å². The normalized spacial score (nSPS) is 12.4. The Kier molecular flexibility index (Phi) is 8.74. The van der Waals surface area contributed by atoms with E-state index in [9.17, 15) is 0 Å². The van der Waals surface area contributed by atoms with Crippen molar-refractivity contribution < 1.29 is 18.9 Å². The molecule has 0 radical (unpaired) electrons. The predicted octanol–water partition coefficient (Wildman–Crippen LogP) is 4.21. The highest BCUT2D eigenvalue weighted by atomic mass is 16.6. The molecule has 4 nitrogen and oxygen atoms in total. The molecule has 138 valence electrons. The number of hydrogen-bond donors (Lipinski definition) is 0. The molecule has 0 aliphatic rings. The minimum Gasteiger partial charge on any atom is -0.491 e. The minimum atomic E-state index is -0.109. The van der Waals surface area contributed by atoms with E-state index in [-0.39, 0.29) is 11.0 Å². The van der Waals surface area contributed by atoms with Crippen LogP contribution in [0.25, 0.3) is 0 Å². The fourth-order valence-electron chi connectivity index (χ4n) is 2.00. The molecule has 0 spiro atoms. The number of benzene rings is 1. The fraction of sp³-hybridized carbons (Fsp3) is 0.700. The first-order valence-corrected chi connectivity index (χ1v) is 8.71. The summed E-state index contributed by atoms with van der Waals surface area (Å²) in [5.41, 5.74) is 1.36. The maximum Gasteiger partial charge on any atom is 0.119 e. The van der Waals surface area contributed by atoms with Crippen LogP contribution in [0.4, 0.5) is 0 Å². The first kappa shape index (κ1) is 20.9. The van der Waals surface area contributed by atoms with Gasteiger partial charge in [-0.25, -0.2) is 0 Å². The predicted molar refractivity (Wildman–Crippen MR) is 98.0 cm³/mol. The second-order valence-corrected chi connectivity index (χ2v) is 7.81. The summed E-state index contributed by atoms with van der Waals surface area (Å²) in [5.74, 6) is 0.877. The number of hydrogen-bond acceptors (Lipinski definition) is 4. The van der Waals surface area contributed by atoms with Gasteiger partial charge in [-0.15, -0.1) is 0 Å². The zero-order chi connectivity index (χ0) is 18.1. The van der Waals surface area contributed by atoms with Crippen molar-refractivity contribution in [2.24, 2.45) is 0 Å². The molecule has 0 saturated carbocycles. The van der Waals surface area contributed by atoms with Gasteiger partial charge in [0.1, 0.15) is 12.4 Å². The minimum absolute atomic E-state index is 0.109. The van der Waals surface area contributed by atoms with Crippen LogP contribution >= 0.6 is 0 Å². The highest BCUT2D eigenvalue weighted by Gasteiger charge is 2.12. The Morgan fingerprint density at radius 1 is 0.667 bits per heavy atom. The van der Waals surface area contributed by atoms with Crippen LogP contribution in [-0.4, -0.2) is 45.2 Å². The number of rotatable bonds is 10. The van der Waals surface area contributed by atoms with E-state index in [0.29, 0.717) is 39.6 Å². The summed E-state index contributed by atoms with van der Waals surface area (Å²) in [5, 5.41) is 0. The van der Waals surface area contributed by atoms with Gasteiger partial charge in [-0.05, 0) is 43.9 Å². The average molecular weight is 338 g/mol. The Morgan fingerprint density at radius 2 is 1.17 bits per heavy atom. The molecule has 0 N–H and O–H groups in total. The van der Waals surface area contributed by atoms with Gasteiger partial charge in [0.05, 0.1) is 38.6 Å². The van der Waals surface area contributed by atoms with E-state index in [1.165, 1.54) is 5.56 Å². The van der Waals surface area contributed by atoms with Crippen LogP contribution in [0.5, 0.6) is 5.75 Å². The Bertz CT molecular complexity index is 440. The smallest absolute Gasteiger partial charge is 0.119 e. The van der Waals surface area contributed by atoms with E-state index in [2.05, 4.69) is 32.9 Å². The summed E-state index contributed by atoms with van der Waals surface area (Å²) >= 11 is 0. The van der Waals surface area contributed by atoms with Crippen LogP contribution in [0.15, 0.2) is 24.3 Å². The van der Waals surface area contributed by atoms with Gasteiger partial charge in [-0.2, -0.15) is 0 Å². The Labute approximate surface area is 147 Å². The molecular weight excluding hydrogens is 304 g/mol. The van der Waals surface area contributed by atoms with Crippen LogP contribution in [0, 0.1) is 0 Å². The molecule has 0 aromatic heterocycles. The van der Waals surface area contributed by atoms with Gasteiger partial charge in [0.25, 0.3) is 0 Å². The van der Waals surface area contributed by atoms with Crippen LogP contribution in [-0.2, 0) is 19.6 Å². The standard InChI is InChI=1S/C20H34O4/c1-19(2,3)17-7-9-18(10-8-17)23-15-13-21-11-12-22-14-16-24-20(4,5)6/h7-10H,11-16H2,1-6H3. The highest BCUT2D eigenvalue weighted by Crippen LogP contribution is 2.24. The lowest BCUT2D eigenvalue weighted by Crippen LogP contribution is -2.22. The van der Waals surface area contributed by atoms with E-state index in [0.717, 1.165) is 5.75 Å². The molecule has 0 bridgehead atoms. The molecule has 1 aromatic carbocycles. The Balaban J connectivity index is 2.01. The average Bonchev–Trinajstić information content (AvgIpc) is 2.47. The van der Waals surface area contributed by atoms with Crippen molar-refractivity contribution in [1.82, 2.24) is 0 Å². The largest absolute Gasteiger partial charge is 0.491 e. The van der Waals surface area contributed by atoms with Crippen molar-refractivity contribution in [3.63, 3.8) is 0 Å². The molecule has 24 heavy (non-hydrogen) atoms. The van der Waals surface area contributed by atoms with Gasteiger partial charge in [0, 0.05) is 0 Å². The zero-order valence-corrected chi connectivity index (χ0v) is 16.2. The second-order valence-electron chi connectivity index (χ2n) is 7.81. The van der Waals surface area contributed by atoms with Crippen LogP contribution in [0.2, 0.25) is 0 Å². The van der Waals surface area contributed by atoms with Crippen molar-refractivity contribution >= 4 is 0 Å². The molecule has 0 heterocycles. The van der Waals surface area contributed by atoms with Crippen molar-refractivity contribution in [1.29, 1.82) is 0 Å². The van der Waals surface area contributed by atoms with Crippen LogP contribution in [0.1, 0.15) is 47.1 Å². The first-order chi connectivity index (χ1) is 11.2. The maximum atomic E-state index is 5.67.